The number of hydrogen-bond donors (Lipinski definition) is 0. The van der Waals surface area contributed by atoms with Crippen LogP contribution in [0.4, 0.5) is 0 Å². The molecule has 2 heterocycles. The summed E-state index contributed by atoms with van der Waals surface area (Å²) >= 11 is 1.30. The molecule has 0 spiro atoms. The molecule has 1 aliphatic rings. The number of benzene rings is 2. The number of aromatic nitrogens is 1. The van der Waals surface area contributed by atoms with Crippen LogP contribution in [0.3, 0.4) is 0 Å². The van der Waals surface area contributed by atoms with E-state index in [4.69, 9.17) is 9.47 Å². The Morgan fingerprint density at radius 2 is 1.79 bits per heavy atom. The van der Waals surface area contributed by atoms with Crippen molar-refractivity contribution in [2.24, 2.45) is 4.99 Å². The molecule has 174 valence electrons. The summed E-state index contributed by atoms with van der Waals surface area (Å²) < 4.78 is 12.9. The van der Waals surface area contributed by atoms with Gasteiger partial charge >= 0.3 is 5.97 Å². The highest BCUT2D eigenvalue weighted by atomic mass is 32.1. The van der Waals surface area contributed by atoms with E-state index in [1.54, 1.807) is 18.4 Å². The Balaban J connectivity index is 1.81. The van der Waals surface area contributed by atoms with Crippen molar-refractivity contribution in [2.75, 3.05) is 13.2 Å². The molecule has 6 nitrogen and oxygen atoms in total. The van der Waals surface area contributed by atoms with Gasteiger partial charge in [0.1, 0.15) is 5.75 Å². The first-order chi connectivity index (χ1) is 16.5. The Hall–Kier alpha value is -3.71. The molecular weight excluding hydrogens is 448 g/mol. The van der Waals surface area contributed by atoms with E-state index in [9.17, 15) is 9.59 Å². The first-order valence-corrected chi connectivity index (χ1v) is 12.0. The Morgan fingerprint density at radius 3 is 2.47 bits per heavy atom. The predicted octanol–water partition coefficient (Wildman–Crippen LogP) is 3.86. The van der Waals surface area contributed by atoms with Crippen LogP contribution in [-0.4, -0.2) is 23.8 Å². The second kappa shape index (κ2) is 10.5. The van der Waals surface area contributed by atoms with Crippen molar-refractivity contribution in [2.45, 2.75) is 26.8 Å². The Labute approximate surface area is 201 Å². The molecular formula is C27H26N2O4S. The van der Waals surface area contributed by atoms with E-state index in [0.29, 0.717) is 27.2 Å². The lowest BCUT2D eigenvalue weighted by Gasteiger charge is -2.21. The second-order valence-electron chi connectivity index (χ2n) is 7.62. The lowest BCUT2D eigenvalue weighted by molar-refractivity contribution is -0.139. The molecule has 0 fully saturated rings. The van der Waals surface area contributed by atoms with Gasteiger partial charge in [0.15, 0.2) is 4.80 Å². The zero-order chi connectivity index (χ0) is 24.1. The number of fused-ring (bicyclic) bond motifs is 1. The summed E-state index contributed by atoms with van der Waals surface area (Å²) in [4.78, 5) is 31.5. The van der Waals surface area contributed by atoms with Gasteiger partial charge in [0.2, 0.25) is 0 Å². The fraction of sp³-hybridized carbons (Fsp3) is 0.222. The van der Waals surface area contributed by atoms with Crippen molar-refractivity contribution in [1.29, 1.82) is 0 Å². The van der Waals surface area contributed by atoms with Crippen molar-refractivity contribution >= 4 is 29.5 Å². The minimum absolute atomic E-state index is 0.199. The van der Waals surface area contributed by atoms with Crippen LogP contribution in [0.2, 0.25) is 0 Å². The van der Waals surface area contributed by atoms with Gasteiger partial charge in [-0.3, -0.25) is 9.36 Å². The second-order valence-corrected chi connectivity index (χ2v) is 8.63. The molecule has 0 bridgehead atoms. The van der Waals surface area contributed by atoms with Crippen molar-refractivity contribution in [3.05, 3.63) is 103 Å². The van der Waals surface area contributed by atoms with Crippen molar-refractivity contribution in [3.8, 4) is 5.75 Å². The van der Waals surface area contributed by atoms with E-state index in [1.807, 2.05) is 79.7 Å². The van der Waals surface area contributed by atoms with E-state index < -0.39 is 12.0 Å². The average Bonchev–Trinajstić information content (AvgIpc) is 3.14. The monoisotopic (exact) mass is 474 g/mol. The van der Waals surface area contributed by atoms with Gasteiger partial charge in [0.05, 0.1) is 35.1 Å². The molecule has 0 N–H and O–H groups in total. The molecule has 7 heteroatoms. The largest absolute Gasteiger partial charge is 0.494 e. The van der Waals surface area contributed by atoms with Crippen LogP contribution >= 0.6 is 11.3 Å². The lowest BCUT2D eigenvalue weighted by Crippen LogP contribution is -2.38. The van der Waals surface area contributed by atoms with Gasteiger partial charge in [-0.15, -0.1) is 0 Å². The van der Waals surface area contributed by atoms with Gasteiger partial charge in [-0.1, -0.05) is 66.0 Å². The molecule has 3 aromatic rings. The van der Waals surface area contributed by atoms with Gasteiger partial charge in [-0.2, -0.15) is 0 Å². The summed E-state index contributed by atoms with van der Waals surface area (Å²) in [5.41, 5.74) is 2.57. The number of esters is 1. The standard InChI is InChI=1S/C27H26N2O4S/c1-4-32-21-14-11-20(12-15-21)17-23-25(30)29-22(16-13-19-9-7-6-8-10-19)24(26(31)33-5-2)18(3)28-27(29)34-23/h6-17,22H,4-5H2,1-3H3. The van der Waals surface area contributed by atoms with Crippen LogP contribution in [0.15, 0.2) is 81.7 Å². The third-order valence-electron chi connectivity index (χ3n) is 5.32. The summed E-state index contributed by atoms with van der Waals surface area (Å²) in [5, 5.41) is 0. The average molecular weight is 475 g/mol. The number of ether oxygens (including phenoxy) is 2. The topological polar surface area (TPSA) is 69.9 Å². The maximum absolute atomic E-state index is 13.5. The number of thiazole rings is 1. The van der Waals surface area contributed by atoms with E-state index in [1.165, 1.54) is 11.3 Å². The minimum atomic E-state index is -0.613. The van der Waals surface area contributed by atoms with Crippen molar-refractivity contribution in [1.82, 2.24) is 4.57 Å². The number of hydrogen-bond acceptors (Lipinski definition) is 6. The van der Waals surface area contributed by atoms with Crippen LogP contribution in [0.1, 0.15) is 37.9 Å². The summed E-state index contributed by atoms with van der Waals surface area (Å²) in [6.07, 6.45) is 5.60. The highest BCUT2D eigenvalue weighted by molar-refractivity contribution is 7.07. The van der Waals surface area contributed by atoms with E-state index >= 15 is 0 Å². The van der Waals surface area contributed by atoms with E-state index in [-0.39, 0.29) is 12.2 Å². The maximum Gasteiger partial charge on any atom is 0.338 e. The first-order valence-electron chi connectivity index (χ1n) is 11.2. The summed E-state index contributed by atoms with van der Waals surface area (Å²) in [6.45, 7) is 6.31. The lowest BCUT2D eigenvalue weighted by atomic mass is 10.0. The number of carbonyl (C=O) groups is 1. The van der Waals surface area contributed by atoms with Gasteiger partial charge in [-0.25, -0.2) is 9.79 Å². The summed E-state index contributed by atoms with van der Waals surface area (Å²) in [7, 11) is 0. The molecule has 1 unspecified atom stereocenters. The number of allylic oxidation sites excluding steroid dienone is 2. The summed E-state index contributed by atoms with van der Waals surface area (Å²) in [5.74, 6) is 0.314. The third-order valence-corrected chi connectivity index (χ3v) is 6.30. The molecule has 4 rings (SSSR count). The molecule has 0 amide bonds. The van der Waals surface area contributed by atoms with Crippen LogP contribution in [-0.2, 0) is 9.53 Å². The van der Waals surface area contributed by atoms with Crippen molar-refractivity contribution in [3.63, 3.8) is 0 Å². The van der Waals surface area contributed by atoms with Crippen molar-refractivity contribution < 1.29 is 14.3 Å². The minimum Gasteiger partial charge on any atom is -0.494 e. The molecule has 1 aliphatic heterocycles. The highest BCUT2D eigenvalue weighted by Crippen LogP contribution is 2.26. The smallest absolute Gasteiger partial charge is 0.338 e. The van der Waals surface area contributed by atoms with E-state index in [2.05, 4.69) is 4.99 Å². The van der Waals surface area contributed by atoms with Crippen LogP contribution in [0, 0.1) is 0 Å². The van der Waals surface area contributed by atoms with Gasteiger partial charge in [0.25, 0.3) is 5.56 Å². The SMILES string of the molecule is CCOC(=O)C1=C(C)N=c2sc(=Cc3ccc(OCC)cc3)c(=O)n2C1C=Cc1ccccc1. The molecule has 0 saturated heterocycles. The van der Waals surface area contributed by atoms with Gasteiger partial charge in [0, 0.05) is 0 Å². The molecule has 1 atom stereocenters. The normalized spacial score (nSPS) is 15.9. The Bertz CT molecular complexity index is 1410. The number of nitrogens with zero attached hydrogens (tertiary/aromatic N) is 2. The number of rotatable bonds is 7. The Kier molecular flexibility index (Phi) is 7.23. The Morgan fingerprint density at radius 1 is 1.06 bits per heavy atom. The fourth-order valence-corrected chi connectivity index (χ4v) is 4.82. The first kappa shape index (κ1) is 23.4. The van der Waals surface area contributed by atoms with Crippen LogP contribution in [0.25, 0.3) is 12.2 Å². The molecule has 0 saturated carbocycles. The fourth-order valence-electron chi connectivity index (χ4n) is 3.76. The summed E-state index contributed by atoms with van der Waals surface area (Å²) in [6, 6.07) is 16.7. The van der Waals surface area contributed by atoms with Gasteiger partial charge < -0.3 is 9.47 Å². The highest BCUT2D eigenvalue weighted by Gasteiger charge is 2.30. The van der Waals surface area contributed by atoms with Crippen LogP contribution in [0.5, 0.6) is 5.75 Å². The quantitative estimate of drug-likeness (QED) is 0.488. The third kappa shape index (κ3) is 4.94. The molecule has 34 heavy (non-hydrogen) atoms. The molecule has 0 radical (unpaired) electrons. The number of carbonyl (C=O) groups excluding carboxylic acids is 1. The zero-order valence-electron chi connectivity index (χ0n) is 19.4. The molecule has 2 aromatic carbocycles. The zero-order valence-corrected chi connectivity index (χ0v) is 20.2. The molecule has 1 aromatic heterocycles. The molecule has 0 aliphatic carbocycles. The predicted molar refractivity (Wildman–Crippen MR) is 134 cm³/mol. The van der Waals surface area contributed by atoms with E-state index in [0.717, 1.165) is 16.9 Å². The van der Waals surface area contributed by atoms with Crippen LogP contribution < -0.4 is 19.6 Å². The maximum atomic E-state index is 13.5. The van der Waals surface area contributed by atoms with Gasteiger partial charge in [-0.05, 0) is 50.1 Å².